The fourth-order valence-electron chi connectivity index (χ4n) is 0.737. The van der Waals surface area contributed by atoms with Crippen LogP contribution >= 0.6 is 0 Å². The van der Waals surface area contributed by atoms with Gasteiger partial charge in [-0.25, -0.2) is 0 Å². The molecule has 0 spiro atoms. The summed E-state index contributed by atoms with van der Waals surface area (Å²) in [5.41, 5.74) is 0. The van der Waals surface area contributed by atoms with Crippen LogP contribution in [0.1, 0.15) is 25.7 Å². The number of unbranched alkanes of at least 4 members (excludes halogenated alkanes) is 2. The van der Waals surface area contributed by atoms with Crippen LogP contribution in [0.25, 0.3) is 0 Å². The Bertz CT molecular complexity index is 235. The number of hydrogen-bond donors (Lipinski definition) is 2. The van der Waals surface area contributed by atoms with E-state index in [1.54, 1.807) is 0 Å². The van der Waals surface area contributed by atoms with Gasteiger partial charge in [0, 0.05) is 6.42 Å². The summed E-state index contributed by atoms with van der Waals surface area (Å²) >= 11 is 0. The van der Waals surface area contributed by atoms with E-state index in [1.807, 2.05) is 0 Å². The molecule has 0 unspecified atom stereocenters. The van der Waals surface area contributed by atoms with Crippen molar-refractivity contribution in [3.63, 3.8) is 0 Å². The molecule has 0 radical (unpaired) electrons. The molecule has 0 aliphatic heterocycles. The summed E-state index contributed by atoms with van der Waals surface area (Å²) in [6.07, 6.45) is 1.31. The topological polar surface area (TPSA) is 91.7 Å². The Balaban J connectivity index is 0. The molecule has 0 atom stereocenters. The van der Waals surface area contributed by atoms with Crippen LogP contribution in [0.4, 0.5) is 0 Å². The van der Waals surface area contributed by atoms with Crippen molar-refractivity contribution in [1.82, 2.24) is 0 Å². The van der Waals surface area contributed by atoms with E-state index in [0.717, 1.165) is 0 Å². The first kappa shape index (κ1) is 16.3. The van der Waals surface area contributed by atoms with E-state index in [2.05, 4.69) is 0 Å². The van der Waals surface area contributed by atoms with Crippen LogP contribution in [0, 0.1) is 0 Å². The molecule has 0 heterocycles. The normalized spacial score (nSPS) is 10.5. The van der Waals surface area contributed by atoms with Crippen LogP contribution in [0.3, 0.4) is 0 Å². The van der Waals surface area contributed by atoms with Crippen molar-refractivity contribution in [2.24, 2.45) is 0 Å². The molecule has 0 aliphatic carbocycles. The Morgan fingerprint density at radius 1 is 1.15 bits per heavy atom. The van der Waals surface area contributed by atoms with E-state index in [0.29, 0.717) is 19.3 Å². The number of carbonyl (C=O) groups is 1. The maximum atomic E-state index is 10.2. The first-order chi connectivity index (χ1) is 5.42. The van der Waals surface area contributed by atoms with Gasteiger partial charge in [0.15, 0.2) is 0 Å². The molecule has 0 bridgehead atoms. The predicted molar refractivity (Wildman–Crippen MR) is 51.1 cm³/mol. The van der Waals surface area contributed by atoms with Crippen molar-refractivity contribution in [3.05, 3.63) is 0 Å². The quantitative estimate of drug-likeness (QED) is 0.394. The molecule has 2 N–H and O–H groups in total. The second-order valence-electron chi connectivity index (χ2n) is 2.49. The Labute approximate surface area is 115 Å². The minimum atomic E-state index is -3.87. The summed E-state index contributed by atoms with van der Waals surface area (Å²) in [5, 5.41) is 8.21. The molecule has 0 aromatic heterocycles. The fourth-order valence-corrected chi connectivity index (χ4v) is 1.31. The Morgan fingerprint density at radius 3 is 2.08 bits per heavy atom. The van der Waals surface area contributed by atoms with E-state index in [-0.39, 0.29) is 57.7 Å². The monoisotopic (exact) mass is 286 g/mol. The number of hydrogen-bond acceptors (Lipinski definition) is 3. The average Bonchev–Trinajstić information content (AvgIpc) is 1.83. The number of rotatable bonds is 6. The van der Waals surface area contributed by atoms with Crippen LogP contribution in [0.15, 0.2) is 0 Å². The Morgan fingerprint density at radius 2 is 1.69 bits per heavy atom. The Kier molecular flexibility index (Phi) is 10.3. The molecule has 0 aromatic rings. The Hall–Kier alpha value is 0.861. The van der Waals surface area contributed by atoms with Crippen molar-refractivity contribution in [2.75, 3.05) is 5.75 Å². The zero-order chi connectivity index (χ0) is 9.61. The third kappa shape index (κ3) is 15.6. The first-order valence-electron chi connectivity index (χ1n) is 3.59. The molecule has 0 rings (SSSR count). The van der Waals surface area contributed by atoms with Gasteiger partial charge in [0.05, 0.1) is 5.75 Å². The van der Waals surface area contributed by atoms with Crippen LogP contribution < -0.4 is 0 Å². The van der Waals surface area contributed by atoms with E-state index >= 15 is 0 Å². The van der Waals surface area contributed by atoms with Gasteiger partial charge in [0.1, 0.15) is 0 Å². The summed E-state index contributed by atoms with van der Waals surface area (Å²) in [6.45, 7) is 0. The van der Waals surface area contributed by atoms with Crippen LogP contribution in [0.5, 0.6) is 0 Å². The van der Waals surface area contributed by atoms with Crippen molar-refractivity contribution >= 4 is 61.6 Å². The van der Waals surface area contributed by atoms with Gasteiger partial charge in [-0.1, -0.05) is 6.42 Å². The first-order valence-corrected chi connectivity index (χ1v) is 5.20. The molecule has 0 aliphatic rings. The fraction of sp³-hybridized carbons (Fsp3) is 0.833. The second-order valence-corrected chi connectivity index (χ2v) is 4.06. The molecule has 0 saturated carbocycles. The van der Waals surface area contributed by atoms with Crippen molar-refractivity contribution in [1.29, 1.82) is 0 Å². The summed E-state index contributed by atoms with van der Waals surface area (Å²) in [4.78, 5) is 9.99. The molecule has 0 saturated heterocycles. The van der Waals surface area contributed by atoms with Gasteiger partial charge in [-0.2, -0.15) is 8.42 Å². The van der Waals surface area contributed by atoms with Crippen molar-refractivity contribution < 1.29 is 22.9 Å². The molecule has 0 aromatic carbocycles. The molecule has 0 fully saturated rings. The van der Waals surface area contributed by atoms with E-state index < -0.39 is 16.1 Å². The zero-order valence-electron chi connectivity index (χ0n) is 6.56. The number of aliphatic carboxylic acids is 1. The van der Waals surface area contributed by atoms with Crippen LogP contribution in [-0.2, 0) is 14.9 Å². The molecule has 13 heavy (non-hydrogen) atoms. The van der Waals surface area contributed by atoms with Gasteiger partial charge < -0.3 is 5.11 Å². The van der Waals surface area contributed by atoms with E-state index in [9.17, 15) is 13.2 Å². The third-order valence-corrected chi connectivity index (χ3v) is 2.10. The van der Waals surface area contributed by atoms with Crippen LogP contribution in [-0.4, -0.2) is 75.3 Å². The van der Waals surface area contributed by atoms with Crippen molar-refractivity contribution in [3.8, 4) is 0 Å². The minimum absolute atomic E-state index is 0. The maximum absolute atomic E-state index is 10.2. The van der Waals surface area contributed by atoms with Gasteiger partial charge >= 0.3 is 51.5 Å². The third-order valence-electron chi connectivity index (χ3n) is 1.29. The van der Waals surface area contributed by atoms with E-state index in [1.165, 1.54) is 0 Å². The standard InChI is InChI=1S/C6H12O5S.Sr.2H/c7-6(8)4-2-1-3-5-12(9,10)11;;;/h1-5H2,(H,7,8)(H,9,10,11);;;. The predicted octanol–water partition coefficient (Wildman–Crippen LogP) is -0.397. The van der Waals surface area contributed by atoms with Crippen molar-refractivity contribution in [2.45, 2.75) is 25.7 Å². The molecule has 5 nitrogen and oxygen atoms in total. The molecule has 0 amide bonds. The SMILES string of the molecule is O=C(O)CCCCCS(=O)(=O)O.[SrH2]. The van der Waals surface area contributed by atoms with Gasteiger partial charge in [-0.05, 0) is 12.8 Å². The molecular weight excluding hydrogens is 272 g/mol. The summed E-state index contributed by atoms with van der Waals surface area (Å²) in [6, 6.07) is 0. The van der Waals surface area contributed by atoms with Crippen LogP contribution in [0.2, 0.25) is 0 Å². The molecular formula is C6H14O5SSr. The number of carboxylic acid groups (broad SMARTS) is 1. The number of carboxylic acids is 1. The molecule has 76 valence electrons. The second kappa shape index (κ2) is 8.19. The average molecular weight is 286 g/mol. The molecule has 7 heteroatoms. The zero-order valence-corrected chi connectivity index (χ0v) is 7.38. The van der Waals surface area contributed by atoms with Gasteiger partial charge in [0.25, 0.3) is 10.1 Å². The summed E-state index contributed by atoms with van der Waals surface area (Å²) in [5.74, 6) is -1.17. The summed E-state index contributed by atoms with van der Waals surface area (Å²) in [7, 11) is -3.87. The van der Waals surface area contributed by atoms with Gasteiger partial charge in [0.2, 0.25) is 0 Å². The van der Waals surface area contributed by atoms with E-state index in [4.69, 9.17) is 9.66 Å². The van der Waals surface area contributed by atoms with Gasteiger partial charge in [-0.15, -0.1) is 0 Å². The summed E-state index contributed by atoms with van der Waals surface area (Å²) < 4.78 is 28.6. The van der Waals surface area contributed by atoms with Gasteiger partial charge in [-0.3, -0.25) is 9.35 Å².